The number of rotatable bonds is 10. The van der Waals surface area contributed by atoms with Crippen molar-refractivity contribution in [1.29, 1.82) is 0 Å². The van der Waals surface area contributed by atoms with Crippen molar-refractivity contribution in [3.05, 3.63) is 57.5 Å². The lowest BCUT2D eigenvalue weighted by atomic mass is 9.78. The Morgan fingerprint density at radius 3 is 2.36 bits per heavy atom. The molecule has 2 N–H and O–H groups in total. The van der Waals surface area contributed by atoms with Gasteiger partial charge in [-0.3, -0.25) is 4.79 Å². The van der Waals surface area contributed by atoms with Crippen LogP contribution in [0.1, 0.15) is 60.2 Å². The molecule has 1 amide bonds. The number of nitrogens with one attached hydrogen (secondary N) is 2. The predicted octanol–water partition coefficient (Wildman–Crippen LogP) is 6.21. The highest BCUT2D eigenvalue weighted by Crippen LogP contribution is 2.50. The number of H-pyrrole nitrogens is 1. The maximum Gasteiger partial charge on any atom is 0.416 e. The topological polar surface area (TPSA) is 92.8 Å². The third-order valence-corrected chi connectivity index (χ3v) is 7.67. The van der Waals surface area contributed by atoms with Gasteiger partial charge in [0.25, 0.3) is 5.91 Å². The van der Waals surface area contributed by atoms with Gasteiger partial charge in [-0.2, -0.15) is 31.6 Å². The van der Waals surface area contributed by atoms with Crippen LogP contribution in [0.25, 0.3) is 11.1 Å². The Morgan fingerprint density at radius 2 is 1.77 bits per heavy atom. The molecule has 3 heterocycles. The standard InChI is InChI=1S/C25H25F6N5O2S/c1-2-17-10-11-19(39-17)18-14-23(25(29,30)31,32-22(37)20(18)21-33-35-36-34-21)15-6-8-16(9-7-15)38-13-5-3-4-12-24(26,27)28/h6-11H,2-5,12-14H2,1H3,(H,32,37)(H,33,34,35,36). The van der Waals surface area contributed by atoms with Crippen LogP contribution in [-0.2, 0) is 16.8 Å². The van der Waals surface area contributed by atoms with E-state index in [1.165, 1.54) is 35.6 Å². The summed E-state index contributed by atoms with van der Waals surface area (Å²) in [5, 5.41) is 15.5. The number of ether oxygens (including phenoxy) is 1. The van der Waals surface area contributed by atoms with E-state index in [2.05, 4.69) is 25.9 Å². The minimum Gasteiger partial charge on any atom is -0.494 e. The summed E-state index contributed by atoms with van der Waals surface area (Å²) in [6, 6.07) is 8.65. The van der Waals surface area contributed by atoms with E-state index in [0.29, 0.717) is 24.1 Å². The summed E-state index contributed by atoms with van der Waals surface area (Å²) in [5.41, 5.74) is -2.86. The van der Waals surface area contributed by atoms with Crippen LogP contribution >= 0.6 is 11.3 Å². The fourth-order valence-corrected chi connectivity index (χ4v) is 5.37. The van der Waals surface area contributed by atoms with Crippen molar-refractivity contribution in [2.24, 2.45) is 0 Å². The molecule has 14 heteroatoms. The molecule has 1 aliphatic heterocycles. The lowest BCUT2D eigenvalue weighted by Crippen LogP contribution is -2.58. The Morgan fingerprint density at radius 1 is 1.03 bits per heavy atom. The number of carbonyl (C=O) groups is 1. The second kappa shape index (κ2) is 11.4. The van der Waals surface area contributed by atoms with Gasteiger partial charge in [0, 0.05) is 22.6 Å². The Kier molecular flexibility index (Phi) is 8.33. The average molecular weight is 574 g/mol. The molecule has 0 fully saturated rings. The number of unbranched alkanes of at least 4 members (excludes halogenated alkanes) is 2. The summed E-state index contributed by atoms with van der Waals surface area (Å²) in [7, 11) is 0. The molecule has 0 spiro atoms. The lowest BCUT2D eigenvalue weighted by Gasteiger charge is -2.41. The van der Waals surface area contributed by atoms with Crippen molar-refractivity contribution in [3.8, 4) is 5.75 Å². The van der Waals surface area contributed by atoms with Crippen LogP contribution in [0.3, 0.4) is 0 Å². The number of thiophene rings is 1. The van der Waals surface area contributed by atoms with Crippen molar-refractivity contribution in [2.75, 3.05) is 6.61 Å². The first kappa shape index (κ1) is 28.6. The highest BCUT2D eigenvalue weighted by atomic mass is 32.1. The first-order chi connectivity index (χ1) is 18.4. The van der Waals surface area contributed by atoms with E-state index in [1.54, 1.807) is 12.1 Å². The van der Waals surface area contributed by atoms with Gasteiger partial charge >= 0.3 is 12.4 Å². The first-order valence-electron chi connectivity index (χ1n) is 12.2. The van der Waals surface area contributed by atoms with E-state index in [0.717, 1.165) is 4.88 Å². The molecule has 0 saturated carbocycles. The molecule has 0 bridgehead atoms. The summed E-state index contributed by atoms with van der Waals surface area (Å²) >= 11 is 1.29. The molecule has 1 aromatic carbocycles. The maximum atomic E-state index is 14.8. The molecule has 2 aromatic heterocycles. The van der Waals surface area contributed by atoms with Crippen LogP contribution < -0.4 is 10.1 Å². The van der Waals surface area contributed by atoms with Gasteiger partial charge in [0.15, 0.2) is 5.54 Å². The van der Waals surface area contributed by atoms with Gasteiger partial charge < -0.3 is 10.1 Å². The highest BCUT2D eigenvalue weighted by molar-refractivity contribution is 7.13. The molecule has 3 aromatic rings. The lowest BCUT2D eigenvalue weighted by molar-refractivity contribution is -0.201. The minimum absolute atomic E-state index is 0.0225. The zero-order valence-corrected chi connectivity index (χ0v) is 21.6. The van der Waals surface area contributed by atoms with E-state index in [1.807, 2.05) is 6.92 Å². The van der Waals surface area contributed by atoms with E-state index < -0.39 is 36.6 Å². The van der Waals surface area contributed by atoms with E-state index >= 15 is 0 Å². The molecule has 4 rings (SSSR count). The van der Waals surface area contributed by atoms with Crippen LogP contribution in [0.15, 0.2) is 36.4 Å². The number of halogens is 6. The van der Waals surface area contributed by atoms with Crippen LogP contribution in [0.5, 0.6) is 5.75 Å². The molecule has 1 aliphatic rings. The Balaban J connectivity index is 1.60. The Bertz CT molecular complexity index is 1300. The molecule has 1 unspecified atom stereocenters. The van der Waals surface area contributed by atoms with Gasteiger partial charge in [-0.1, -0.05) is 19.1 Å². The monoisotopic (exact) mass is 573 g/mol. The molecule has 39 heavy (non-hydrogen) atoms. The Hall–Kier alpha value is -3.42. The first-order valence-corrected chi connectivity index (χ1v) is 13.0. The fourth-order valence-electron chi connectivity index (χ4n) is 4.37. The molecule has 0 radical (unpaired) electrons. The number of carbonyl (C=O) groups excluding carboxylic acids is 1. The van der Waals surface area contributed by atoms with Crippen molar-refractivity contribution in [1.82, 2.24) is 25.9 Å². The number of hydrogen-bond acceptors (Lipinski definition) is 6. The number of aryl methyl sites for hydroxylation is 1. The Labute approximate surface area is 223 Å². The molecule has 7 nitrogen and oxygen atoms in total. The van der Waals surface area contributed by atoms with E-state index in [-0.39, 0.29) is 41.3 Å². The third-order valence-electron chi connectivity index (χ3n) is 6.38. The van der Waals surface area contributed by atoms with Crippen molar-refractivity contribution in [2.45, 2.75) is 63.3 Å². The van der Waals surface area contributed by atoms with Gasteiger partial charge in [-0.25, -0.2) is 0 Å². The normalized spacial score (nSPS) is 18.4. The minimum atomic E-state index is -4.87. The van der Waals surface area contributed by atoms with Crippen molar-refractivity contribution in [3.63, 3.8) is 0 Å². The maximum absolute atomic E-state index is 14.8. The summed E-state index contributed by atoms with van der Waals surface area (Å²) in [4.78, 5) is 14.7. The number of hydrogen-bond donors (Lipinski definition) is 2. The smallest absolute Gasteiger partial charge is 0.416 e. The molecule has 1 atom stereocenters. The van der Waals surface area contributed by atoms with Gasteiger partial charge in [-0.15, -0.1) is 21.5 Å². The summed E-state index contributed by atoms with van der Waals surface area (Å²) in [6.07, 6.45) is -9.22. The zero-order valence-electron chi connectivity index (χ0n) is 20.7. The molecule has 0 saturated heterocycles. The number of nitrogens with zero attached hydrogens (tertiary/aromatic N) is 3. The average Bonchev–Trinajstić information content (AvgIpc) is 3.57. The second-order valence-corrected chi connectivity index (χ2v) is 10.2. The van der Waals surface area contributed by atoms with Crippen LogP contribution in [0.2, 0.25) is 0 Å². The van der Waals surface area contributed by atoms with Gasteiger partial charge in [0.1, 0.15) is 5.75 Å². The molecular formula is C25H25F6N5O2S. The van der Waals surface area contributed by atoms with Crippen LogP contribution in [0.4, 0.5) is 26.3 Å². The highest BCUT2D eigenvalue weighted by Gasteiger charge is 2.60. The zero-order chi connectivity index (χ0) is 28.3. The van der Waals surface area contributed by atoms with Crippen molar-refractivity contribution >= 4 is 28.4 Å². The largest absolute Gasteiger partial charge is 0.494 e. The quantitative estimate of drug-likeness (QED) is 0.222. The number of alkyl halides is 6. The van der Waals surface area contributed by atoms with Gasteiger partial charge in [0.2, 0.25) is 5.82 Å². The molecular weight excluding hydrogens is 548 g/mol. The number of aromatic amines is 1. The van der Waals surface area contributed by atoms with E-state index in [4.69, 9.17) is 4.74 Å². The number of tetrazole rings is 1. The van der Waals surface area contributed by atoms with E-state index in [9.17, 15) is 31.1 Å². The molecule has 210 valence electrons. The summed E-state index contributed by atoms with van der Waals surface area (Å²) < 4.78 is 86.6. The van der Waals surface area contributed by atoms with Gasteiger partial charge in [0.05, 0.1) is 12.2 Å². The summed E-state index contributed by atoms with van der Waals surface area (Å²) in [6.45, 7) is 2.04. The third kappa shape index (κ3) is 6.43. The number of amides is 1. The summed E-state index contributed by atoms with van der Waals surface area (Å²) in [5.74, 6) is -0.826. The predicted molar refractivity (Wildman–Crippen MR) is 132 cm³/mol. The number of aromatic nitrogens is 4. The van der Waals surface area contributed by atoms with Crippen molar-refractivity contribution < 1.29 is 35.9 Å². The number of benzene rings is 1. The second-order valence-electron chi connectivity index (χ2n) is 9.04. The van der Waals surface area contributed by atoms with Crippen LogP contribution in [-0.4, -0.2) is 45.5 Å². The SMILES string of the molecule is CCc1ccc(C2=C(c3nn[nH]n3)C(=O)NC(c3ccc(OCCCCCC(F)(F)F)cc3)(C(F)(F)F)C2)s1. The van der Waals surface area contributed by atoms with Gasteiger partial charge in [-0.05, 0) is 66.3 Å². The fraction of sp³-hybridized carbons (Fsp3) is 0.440. The molecule has 0 aliphatic carbocycles. The van der Waals surface area contributed by atoms with Crippen LogP contribution in [0, 0.1) is 0 Å².